The number of amides is 1. The topological polar surface area (TPSA) is 121 Å². The van der Waals surface area contributed by atoms with Gasteiger partial charge in [-0.3, -0.25) is 4.79 Å². The summed E-state index contributed by atoms with van der Waals surface area (Å²) >= 11 is 6.07. The number of carbonyl (C=O) groups is 1. The van der Waals surface area contributed by atoms with E-state index in [-0.39, 0.29) is 18.0 Å². The zero-order chi connectivity index (χ0) is 25.9. The highest BCUT2D eigenvalue weighted by molar-refractivity contribution is 6.30. The summed E-state index contributed by atoms with van der Waals surface area (Å²) in [5.74, 6) is 1.26. The number of nitriles is 2. The van der Waals surface area contributed by atoms with Crippen molar-refractivity contribution < 1.29 is 4.79 Å². The molecule has 0 aliphatic carbocycles. The maximum Gasteiger partial charge on any atom is 0.239 e. The number of piperidine rings is 1. The second-order valence-corrected chi connectivity index (χ2v) is 9.90. The molecule has 188 valence electrons. The fraction of sp³-hybridized carbons (Fsp3) is 0.370. The molecule has 2 aliphatic rings. The van der Waals surface area contributed by atoms with E-state index < -0.39 is 0 Å². The number of rotatable bonds is 5. The third-order valence-electron chi connectivity index (χ3n) is 7.17. The van der Waals surface area contributed by atoms with Gasteiger partial charge in [0, 0.05) is 36.6 Å². The first kappa shape index (κ1) is 24.8. The van der Waals surface area contributed by atoms with Crippen LogP contribution in [0.4, 0.5) is 17.5 Å². The summed E-state index contributed by atoms with van der Waals surface area (Å²) in [6, 6.07) is 14.8. The number of aromatic nitrogens is 2. The first-order valence-electron chi connectivity index (χ1n) is 12.4. The van der Waals surface area contributed by atoms with Gasteiger partial charge >= 0.3 is 0 Å². The van der Waals surface area contributed by atoms with Gasteiger partial charge in [-0.2, -0.15) is 15.5 Å². The monoisotopic (exact) mass is 514 g/mol. The molecule has 2 saturated heterocycles. The Hall–Kier alpha value is -3.92. The summed E-state index contributed by atoms with van der Waals surface area (Å²) in [7, 11) is 1.90. The minimum Gasteiger partial charge on any atom is -0.341 e. The summed E-state index contributed by atoms with van der Waals surface area (Å²) < 4.78 is 0. The lowest BCUT2D eigenvalue weighted by molar-refractivity contribution is -0.134. The van der Waals surface area contributed by atoms with Crippen molar-refractivity contribution in [2.45, 2.75) is 37.8 Å². The van der Waals surface area contributed by atoms with Crippen molar-refractivity contribution in [3.63, 3.8) is 0 Å². The molecule has 2 fully saturated rings. The van der Waals surface area contributed by atoms with Crippen LogP contribution in [0, 0.1) is 22.7 Å². The first-order chi connectivity index (χ1) is 18.0. The predicted octanol–water partition coefficient (Wildman–Crippen LogP) is 3.95. The summed E-state index contributed by atoms with van der Waals surface area (Å²) in [4.78, 5) is 26.5. The molecule has 37 heavy (non-hydrogen) atoms. The van der Waals surface area contributed by atoms with Gasteiger partial charge in [0.2, 0.25) is 11.9 Å². The van der Waals surface area contributed by atoms with Crippen molar-refractivity contribution in [3.8, 4) is 12.1 Å². The van der Waals surface area contributed by atoms with E-state index in [2.05, 4.69) is 27.7 Å². The number of anilines is 3. The number of hydrogen-bond donors (Lipinski definition) is 2. The van der Waals surface area contributed by atoms with E-state index in [0.717, 1.165) is 37.6 Å². The summed E-state index contributed by atoms with van der Waals surface area (Å²) in [6.07, 6.45) is 3.56. The van der Waals surface area contributed by atoms with Crippen molar-refractivity contribution in [3.05, 3.63) is 52.5 Å². The van der Waals surface area contributed by atoms with Crippen LogP contribution < -0.4 is 15.5 Å². The van der Waals surface area contributed by atoms with Crippen LogP contribution in [0.1, 0.15) is 36.8 Å². The van der Waals surface area contributed by atoms with Gasteiger partial charge in [0.25, 0.3) is 0 Å². The average molecular weight is 515 g/mol. The zero-order valence-corrected chi connectivity index (χ0v) is 21.3. The predicted molar refractivity (Wildman–Crippen MR) is 143 cm³/mol. The Morgan fingerprint density at radius 2 is 1.95 bits per heavy atom. The maximum atomic E-state index is 12.9. The largest absolute Gasteiger partial charge is 0.341 e. The van der Waals surface area contributed by atoms with Crippen molar-refractivity contribution in [1.29, 1.82) is 10.5 Å². The molecule has 1 aromatic heterocycles. The molecular weight excluding hydrogens is 488 g/mol. The van der Waals surface area contributed by atoms with Crippen molar-refractivity contribution in [2.24, 2.45) is 0 Å². The number of carbonyl (C=O) groups excluding carboxylic acids is 1. The van der Waals surface area contributed by atoms with E-state index in [1.165, 1.54) is 0 Å². The van der Waals surface area contributed by atoms with Gasteiger partial charge < -0.3 is 20.4 Å². The lowest BCUT2D eigenvalue weighted by Crippen LogP contribution is -2.50. The quantitative estimate of drug-likeness (QED) is 0.525. The first-order valence-corrected chi connectivity index (χ1v) is 12.8. The molecule has 1 unspecified atom stereocenters. The van der Waals surface area contributed by atoms with Gasteiger partial charge in [0.05, 0.1) is 34.4 Å². The lowest BCUT2D eigenvalue weighted by atomic mass is 10.0. The Kier molecular flexibility index (Phi) is 7.09. The molecule has 10 heteroatoms. The van der Waals surface area contributed by atoms with Gasteiger partial charge in [0.15, 0.2) is 0 Å². The Morgan fingerprint density at radius 3 is 2.65 bits per heavy atom. The molecule has 2 aliphatic heterocycles. The van der Waals surface area contributed by atoms with Gasteiger partial charge in [-0.15, -0.1) is 0 Å². The van der Waals surface area contributed by atoms with Crippen LogP contribution in [0.3, 0.4) is 0 Å². The standard InChI is InChI=1S/C27H27ClN8O/c1-35(26(37)23-3-2-10-31-23)20-8-11-36(12-9-20)27-33-24-13-17(15-29)4-6-21(24)25(34-27)32-22-7-5-19(28)14-18(22)16-30/h4-7,13-14,20,23,31H,2-3,8-12H2,1H3,(H,32,33,34). The molecule has 5 rings (SSSR count). The molecule has 0 radical (unpaired) electrons. The Bertz CT molecular complexity index is 1410. The molecular formula is C27H27ClN8O. The van der Waals surface area contributed by atoms with Gasteiger partial charge in [-0.1, -0.05) is 11.6 Å². The third-order valence-corrected chi connectivity index (χ3v) is 7.41. The van der Waals surface area contributed by atoms with Crippen molar-refractivity contribution in [2.75, 3.05) is 36.9 Å². The van der Waals surface area contributed by atoms with E-state index in [1.807, 2.05) is 18.0 Å². The highest BCUT2D eigenvalue weighted by Crippen LogP contribution is 2.31. The molecule has 0 bridgehead atoms. The highest BCUT2D eigenvalue weighted by atomic mass is 35.5. The highest BCUT2D eigenvalue weighted by Gasteiger charge is 2.31. The SMILES string of the molecule is CN(C(=O)C1CCCN1)C1CCN(c2nc(Nc3ccc(Cl)cc3C#N)c3ccc(C#N)cc3n2)CC1. The van der Waals surface area contributed by atoms with Crippen LogP contribution in [-0.4, -0.2) is 59.5 Å². The Balaban J connectivity index is 1.41. The van der Waals surface area contributed by atoms with E-state index in [9.17, 15) is 15.3 Å². The summed E-state index contributed by atoms with van der Waals surface area (Å²) in [6.45, 7) is 2.30. The summed E-state index contributed by atoms with van der Waals surface area (Å²) in [5, 5.41) is 26.8. The van der Waals surface area contributed by atoms with Crippen molar-refractivity contribution in [1.82, 2.24) is 20.2 Å². The normalized spacial score (nSPS) is 17.8. The molecule has 0 spiro atoms. The Labute approximate surface area is 220 Å². The number of nitrogens with zero attached hydrogens (tertiary/aromatic N) is 6. The van der Waals surface area contributed by atoms with Crippen molar-refractivity contribution >= 4 is 45.9 Å². The van der Waals surface area contributed by atoms with Crippen LogP contribution in [0.15, 0.2) is 36.4 Å². The second kappa shape index (κ2) is 10.6. The van der Waals surface area contributed by atoms with Crippen LogP contribution in [0.2, 0.25) is 5.02 Å². The smallest absolute Gasteiger partial charge is 0.239 e. The molecule has 1 amide bonds. The van der Waals surface area contributed by atoms with E-state index in [1.54, 1.807) is 30.3 Å². The number of halogens is 1. The summed E-state index contributed by atoms with van der Waals surface area (Å²) in [5.41, 5.74) is 2.13. The third kappa shape index (κ3) is 5.15. The van der Waals surface area contributed by atoms with Gasteiger partial charge in [-0.25, -0.2) is 4.98 Å². The van der Waals surface area contributed by atoms with E-state index >= 15 is 0 Å². The number of benzene rings is 2. The Morgan fingerprint density at radius 1 is 1.14 bits per heavy atom. The van der Waals surface area contributed by atoms with E-state index in [4.69, 9.17) is 21.6 Å². The fourth-order valence-electron chi connectivity index (χ4n) is 5.04. The molecule has 1 atom stereocenters. The van der Waals surface area contributed by atoms with Crippen LogP contribution in [0.25, 0.3) is 10.9 Å². The molecule has 3 heterocycles. The molecule has 2 aromatic carbocycles. The zero-order valence-electron chi connectivity index (χ0n) is 20.5. The number of nitrogens with one attached hydrogen (secondary N) is 2. The fourth-order valence-corrected chi connectivity index (χ4v) is 5.22. The molecule has 3 aromatic rings. The average Bonchev–Trinajstić information content (AvgIpc) is 3.48. The number of hydrogen-bond acceptors (Lipinski definition) is 8. The minimum absolute atomic E-state index is 0.0685. The number of likely N-dealkylation sites (N-methyl/N-ethyl adjacent to an activating group) is 1. The molecule has 9 nitrogen and oxygen atoms in total. The van der Waals surface area contributed by atoms with Gasteiger partial charge in [-0.05, 0) is 68.6 Å². The lowest BCUT2D eigenvalue weighted by Gasteiger charge is -2.37. The molecule has 2 N–H and O–H groups in total. The van der Waals surface area contributed by atoms with E-state index in [0.29, 0.717) is 52.2 Å². The minimum atomic E-state index is -0.0685. The second-order valence-electron chi connectivity index (χ2n) is 9.46. The van der Waals surface area contributed by atoms with Crippen LogP contribution in [0.5, 0.6) is 0 Å². The number of fused-ring (bicyclic) bond motifs is 1. The maximum absolute atomic E-state index is 12.9. The van der Waals surface area contributed by atoms with Crippen LogP contribution >= 0.6 is 11.6 Å². The molecule has 0 saturated carbocycles. The van der Waals surface area contributed by atoms with Gasteiger partial charge in [0.1, 0.15) is 11.9 Å². The van der Waals surface area contributed by atoms with Crippen LogP contribution in [-0.2, 0) is 4.79 Å².